The number of rotatable bonds is 15. The highest BCUT2D eigenvalue weighted by atomic mass is 19.1. The number of benzene rings is 2. The molecule has 0 aliphatic heterocycles. The molecular formula is C28H38FN3O4. The minimum Gasteiger partial charge on any atom is -0.497 e. The lowest BCUT2D eigenvalue weighted by Gasteiger charge is -2.24. The molecule has 0 aromatic heterocycles. The van der Waals surface area contributed by atoms with Gasteiger partial charge in [0, 0.05) is 31.6 Å². The van der Waals surface area contributed by atoms with Crippen LogP contribution in [0.25, 0.3) is 0 Å². The van der Waals surface area contributed by atoms with Crippen molar-refractivity contribution in [3.63, 3.8) is 0 Å². The van der Waals surface area contributed by atoms with Crippen LogP contribution in [0, 0.1) is 11.7 Å². The van der Waals surface area contributed by atoms with Crippen molar-refractivity contribution < 1.29 is 23.5 Å². The average Bonchev–Trinajstić information content (AvgIpc) is 2.86. The lowest BCUT2D eigenvalue weighted by atomic mass is 10.0. The lowest BCUT2D eigenvalue weighted by Crippen LogP contribution is -2.50. The summed E-state index contributed by atoms with van der Waals surface area (Å²) in [5.41, 5.74) is 1.59. The fourth-order valence-corrected chi connectivity index (χ4v) is 3.94. The van der Waals surface area contributed by atoms with E-state index in [4.69, 9.17) is 4.74 Å². The Balaban J connectivity index is 1.88. The van der Waals surface area contributed by atoms with Crippen molar-refractivity contribution >= 4 is 17.6 Å². The summed E-state index contributed by atoms with van der Waals surface area (Å²) in [5.74, 6) is -1.20. The highest BCUT2D eigenvalue weighted by Crippen LogP contribution is 2.16. The van der Waals surface area contributed by atoms with Crippen molar-refractivity contribution in [3.8, 4) is 5.75 Å². The van der Waals surface area contributed by atoms with E-state index in [1.165, 1.54) is 19.2 Å². The molecule has 0 aliphatic rings. The van der Waals surface area contributed by atoms with Crippen molar-refractivity contribution in [1.82, 2.24) is 16.0 Å². The van der Waals surface area contributed by atoms with Crippen molar-refractivity contribution in [2.24, 2.45) is 5.92 Å². The number of Topliss-reactive ketones (excluding diaryl/α,β-unsaturated/α-hetero) is 1. The summed E-state index contributed by atoms with van der Waals surface area (Å²) in [6, 6.07) is 13.1. The van der Waals surface area contributed by atoms with Gasteiger partial charge in [0.15, 0.2) is 0 Å². The largest absolute Gasteiger partial charge is 0.497 e. The quantitative estimate of drug-likeness (QED) is 0.326. The van der Waals surface area contributed by atoms with E-state index in [1.54, 1.807) is 6.07 Å². The van der Waals surface area contributed by atoms with Crippen LogP contribution in [0.5, 0.6) is 5.75 Å². The van der Waals surface area contributed by atoms with E-state index < -0.39 is 23.5 Å². The Morgan fingerprint density at radius 3 is 2.39 bits per heavy atom. The van der Waals surface area contributed by atoms with Gasteiger partial charge in [0.1, 0.15) is 11.6 Å². The van der Waals surface area contributed by atoms with Crippen molar-refractivity contribution in [3.05, 3.63) is 65.5 Å². The number of hydrogen-bond acceptors (Lipinski definition) is 5. The fourth-order valence-electron chi connectivity index (χ4n) is 3.94. The first-order chi connectivity index (χ1) is 17.2. The summed E-state index contributed by atoms with van der Waals surface area (Å²) < 4.78 is 18.7. The highest BCUT2D eigenvalue weighted by Gasteiger charge is 2.25. The molecule has 196 valence electrons. The minimum atomic E-state index is -0.745. The molecule has 0 aliphatic carbocycles. The number of methoxy groups -OCH3 is 1. The second kappa shape index (κ2) is 15.0. The van der Waals surface area contributed by atoms with E-state index in [-0.39, 0.29) is 18.5 Å². The average molecular weight is 500 g/mol. The van der Waals surface area contributed by atoms with Gasteiger partial charge in [-0.25, -0.2) is 4.39 Å². The van der Waals surface area contributed by atoms with Crippen LogP contribution in [0.2, 0.25) is 0 Å². The van der Waals surface area contributed by atoms with Crippen LogP contribution in [0.3, 0.4) is 0 Å². The van der Waals surface area contributed by atoms with Crippen LogP contribution < -0.4 is 20.7 Å². The number of amides is 2. The summed E-state index contributed by atoms with van der Waals surface area (Å²) >= 11 is 0. The van der Waals surface area contributed by atoms with Crippen LogP contribution >= 0.6 is 0 Å². The van der Waals surface area contributed by atoms with Crippen LogP contribution in [0.4, 0.5) is 4.39 Å². The molecule has 2 rings (SSSR count). The standard InChI is InChI=1S/C28H38FN3O4/c1-5-25(27(34)28(35)31-17-21-14-22(29)16-24(15-21)36-4)30-18-23(13-19(2)3)32-26(33)12-11-20-9-7-6-8-10-20/h6-10,14-16,19,23,25,30H,5,11-13,17-18H2,1-4H3,(H,31,35)(H,32,33). The molecule has 0 saturated heterocycles. The molecule has 2 aromatic carbocycles. The van der Waals surface area contributed by atoms with Gasteiger partial charge in [-0.15, -0.1) is 0 Å². The van der Waals surface area contributed by atoms with E-state index in [0.29, 0.717) is 43.0 Å². The maximum atomic E-state index is 13.7. The molecule has 2 amide bonds. The van der Waals surface area contributed by atoms with Gasteiger partial charge in [0.05, 0.1) is 13.2 Å². The van der Waals surface area contributed by atoms with Gasteiger partial charge < -0.3 is 20.7 Å². The molecule has 0 bridgehead atoms. The fraction of sp³-hybridized carbons (Fsp3) is 0.464. The SMILES string of the molecule is CCC(NCC(CC(C)C)NC(=O)CCc1ccccc1)C(=O)C(=O)NCc1cc(F)cc(OC)c1. The third kappa shape index (κ3) is 10.2. The molecule has 0 saturated carbocycles. The molecule has 2 atom stereocenters. The predicted octanol–water partition coefficient (Wildman–Crippen LogP) is 3.55. The van der Waals surface area contributed by atoms with Crippen molar-refractivity contribution in [2.45, 2.75) is 65.1 Å². The van der Waals surface area contributed by atoms with Gasteiger partial charge in [-0.1, -0.05) is 51.1 Å². The Morgan fingerprint density at radius 1 is 1.03 bits per heavy atom. The summed E-state index contributed by atoms with van der Waals surface area (Å²) in [6.07, 6.45) is 2.18. The van der Waals surface area contributed by atoms with Crippen LogP contribution in [-0.4, -0.2) is 43.3 Å². The molecular weight excluding hydrogens is 461 g/mol. The van der Waals surface area contributed by atoms with Gasteiger partial charge in [0.25, 0.3) is 5.91 Å². The van der Waals surface area contributed by atoms with E-state index in [1.807, 2.05) is 37.3 Å². The lowest BCUT2D eigenvalue weighted by molar-refractivity contribution is -0.139. The molecule has 2 unspecified atom stereocenters. The van der Waals surface area contributed by atoms with Gasteiger partial charge >= 0.3 is 0 Å². The number of ketones is 1. The summed E-state index contributed by atoms with van der Waals surface area (Å²) in [7, 11) is 1.43. The normalized spacial score (nSPS) is 12.6. The number of aryl methyl sites for hydroxylation is 1. The molecule has 2 aromatic rings. The van der Waals surface area contributed by atoms with Crippen LogP contribution in [0.1, 0.15) is 51.2 Å². The predicted molar refractivity (Wildman–Crippen MR) is 138 cm³/mol. The summed E-state index contributed by atoms with van der Waals surface area (Å²) in [6.45, 7) is 6.33. The van der Waals surface area contributed by atoms with E-state index in [9.17, 15) is 18.8 Å². The van der Waals surface area contributed by atoms with E-state index in [2.05, 4.69) is 29.8 Å². The maximum Gasteiger partial charge on any atom is 0.289 e. The molecule has 0 heterocycles. The first kappa shape index (κ1) is 29.0. The third-order valence-electron chi connectivity index (χ3n) is 5.78. The Morgan fingerprint density at radius 2 is 1.75 bits per heavy atom. The first-order valence-electron chi connectivity index (χ1n) is 12.4. The summed E-state index contributed by atoms with van der Waals surface area (Å²) in [4.78, 5) is 37.8. The Bertz CT molecular complexity index is 998. The minimum absolute atomic E-state index is 0.00255. The summed E-state index contributed by atoms with van der Waals surface area (Å²) in [5, 5.41) is 8.78. The van der Waals surface area contributed by atoms with Crippen LogP contribution in [-0.2, 0) is 27.3 Å². The van der Waals surface area contributed by atoms with Crippen molar-refractivity contribution in [1.29, 1.82) is 0 Å². The zero-order valence-electron chi connectivity index (χ0n) is 21.6. The molecule has 0 spiro atoms. The second-order valence-corrected chi connectivity index (χ2v) is 9.29. The smallest absolute Gasteiger partial charge is 0.289 e. The van der Waals surface area contributed by atoms with Gasteiger partial charge in [0.2, 0.25) is 11.7 Å². The molecule has 7 nitrogen and oxygen atoms in total. The molecule has 36 heavy (non-hydrogen) atoms. The van der Waals surface area contributed by atoms with E-state index in [0.717, 1.165) is 12.0 Å². The Kier molecular flexibility index (Phi) is 12.1. The number of carbonyl (C=O) groups excluding carboxylic acids is 3. The molecule has 3 N–H and O–H groups in total. The van der Waals surface area contributed by atoms with Gasteiger partial charge in [-0.2, -0.15) is 0 Å². The Hall–Kier alpha value is -3.26. The van der Waals surface area contributed by atoms with Crippen molar-refractivity contribution in [2.75, 3.05) is 13.7 Å². The zero-order valence-corrected chi connectivity index (χ0v) is 21.6. The zero-order chi connectivity index (χ0) is 26.5. The number of ether oxygens (including phenoxy) is 1. The third-order valence-corrected chi connectivity index (χ3v) is 5.78. The molecule has 0 fully saturated rings. The Labute approximate surface area is 213 Å². The maximum absolute atomic E-state index is 13.7. The number of nitrogens with one attached hydrogen (secondary N) is 3. The monoisotopic (exact) mass is 499 g/mol. The molecule has 8 heteroatoms. The number of carbonyl (C=O) groups is 3. The van der Waals surface area contributed by atoms with E-state index >= 15 is 0 Å². The first-order valence-corrected chi connectivity index (χ1v) is 12.4. The van der Waals surface area contributed by atoms with Gasteiger partial charge in [-0.05, 0) is 48.4 Å². The number of hydrogen-bond donors (Lipinski definition) is 3. The number of halogens is 1. The second-order valence-electron chi connectivity index (χ2n) is 9.29. The van der Waals surface area contributed by atoms with Gasteiger partial charge in [-0.3, -0.25) is 14.4 Å². The van der Waals surface area contributed by atoms with Crippen LogP contribution in [0.15, 0.2) is 48.5 Å². The highest BCUT2D eigenvalue weighted by molar-refractivity contribution is 6.38. The topological polar surface area (TPSA) is 96.5 Å². The molecule has 0 radical (unpaired) electrons.